The number of nitrogens with one attached hydrogen (secondary N) is 2. The average Bonchev–Trinajstić information content (AvgIpc) is 3.28. The van der Waals surface area contributed by atoms with Crippen LogP contribution in [0.3, 0.4) is 0 Å². The Labute approximate surface area is 208 Å². The van der Waals surface area contributed by atoms with Gasteiger partial charge in [-0.3, -0.25) is 5.21 Å². The first kappa shape index (κ1) is 24.5. The summed E-state index contributed by atoms with van der Waals surface area (Å²) in [4.78, 5) is 12.6. The van der Waals surface area contributed by atoms with Gasteiger partial charge in [0.25, 0.3) is 0 Å². The molecule has 3 aromatic carbocycles. The molecule has 0 bridgehead atoms. The second-order valence-electron chi connectivity index (χ2n) is 8.08. The number of sulfone groups is 1. The normalized spacial score (nSPS) is 13.9. The number of halogens is 2. The molecule has 2 amide bonds. The summed E-state index contributed by atoms with van der Waals surface area (Å²) < 4.78 is 25.7. The number of anilines is 1. The standard InChI is InChI=1S/C24H23Cl2N3O4S/c1-15(21-3-2-4-22(25)23(21)26)29(31)24(30)28-19-7-9-20(10-8-19)34(32,33)14-16-5-6-17-12-27-13-18(17)11-16/h2-11,15,27,31H,12-14H2,1H3,(H,28,30). The highest BCUT2D eigenvalue weighted by atomic mass is 35.5. The van der Waals surface area contributed by atoms with Crippen molar-refractivity contribution < 1.29 is 18.4 Å². The van der Waals surface area contributed by atoms with Crippen LogP contribution in [0, 0.1) is 0 Å². The number of urea groups is 1. The van der Waals surface area contributed by atoms with Crippen molar-refractivity contribution in [3.8, 4) is 0 Å². The van der Waals surface area contributed by atoms with Crippen LogP contribution in [-0.2, 0) is 28.7 Å². The molecule has 7 nitrogen and oxygen atoms in total. The van der Waals surface area contributed by atoms with Gasteiger partial charge in [-0.15, -0.1) is 0 Å². The van der Waals surface area contributed by atoms with Gasteiger partial charge in [-0.2, -0.15) is 5.06 Å². The zero-order valence-electron chi connectivity index (χ0n) is 18.3. The number of hydrogen-bond acceptors (Lipinski definition) is 5. The molecule has 34 heavy (non-hydrogen) atoms. The van der Waals surface area contributed by atoms with E-state index in [0.717, 1.165) is 24.2 Å². The number of amides is 2. The molecule has 1 heterocycles. The molecule has 0 aliphatic carbocycles. The molecule has 3 N–H and O–H groups in total. The largest absolute Gasteiger partial charge is 0.346 e. The molecule has 10 heteroatoms. The molecule has 1 aliphatic heterocycles. The minimum Gasteiger partial charge on any atom is -0.309 e. The fourth-order valence-electron chi connectivity index (χ4n) is 3.82. The van der Waals surface area contributed by atoms with Crippen LogP contribution < -0.4 is 10.6 Å². The molecule has 0 saturated heterocycles. The van der Waals surface area contributed by atoms with Crippen molar-refractivity contribution in [3.05, 3.63) is 93.0 Å². The third kappa shape index (κ3) is 5.21. The zero-order chi connectivity index (χ0) is 24.5. The van der Waals surface area contributed by atoms with Crippen molar-refractivity contribution in [2.45, 2.75) is 36.7 Å². The van der Waals surface area contributed by atoms with E-state index in [0.29, 0.717) is 21.3 Å². The highest BCUT2D eigenvalue weighted by Gasteiger charge is 2.23. The molecule has 3 aromatic rings. The van der Waals surface area contributed by atoms with E-state index in [9.17, 15) is 18.4 Å². The molecule has 1 unspecified atom stereocenters. The third-order valence-electron chi connectivity index (χ3n) is 5.73. The monoisotopic (exact) mass is 519 g/mol. The molecule has 0 radical (unpaired) electrons. The number of hydroxylamine groups is 2. The van der Waals surface area contributed by atoms with Gasteiger partial charge in [-0.05, 0) is 59.5 Å². The minimum absolute atomic E-state index is 0.117. The molecule has 0 saturated carbocycles. The second-order valence-corrected chi connectivity index (χ2v) is 10.9. The predicted octanol–water partition coefficient (Wildman–Crippen LogP) is 5.55. The van der Waals surface area contributed by atoms with E-state index in [1.54, 1.807) is 25.1 Å². The number of carbonyl (C=O) groups is 1. The summed E-state index contributed by atoms with van der Waals surface area (Å²) in [6.45, 7) is 3.13. The summed E-state index contributed by atoms with van der Waals surface area (Å²) in [5.41, 5.74) is 3.84. The minimum atomic E-state index is -3.57. The van der Waals surface area contributed by atoms with Gasteiger partial charge >= 0.3 is 6.03 Å². The van der Waals surface area contributed by atoms with Crippen LogP contribution in [0.25, 0.3) is 0 Å². The van der Waals surface area contributed by atoms with E-state index in [-0.39, 0.29) is 15.7 Å². The second kappa shape index (κ2) is 9.93. The van der Waals surface area contributed by atoms with E-state index in [4.69, 9.17) is 23.2 Å². The number of carbonyl (C=O) groups excluding carboxylic acids is 1. The van der Waals surface area contributed by atoms with Gasteiger partial charge in [0.05, 0.1) is 26.7 Å². The smallest absolute Gasteiger partial charge is 0.309 e. The van der Waals surface area contributed by atoms with E-state index >= 15 is 0 Å². The molecule has 4 rings (SSSR count). The van der Waals surface area contributed by atoms with Crippen LogP contribution in [-0.4, -0.2) is 24.7 Å². The molecule has 0 spiro atoms. The van der Waals surface area contributed by atoms with Crippen molar-refractivity contribution in [3.63, 3.8) is 0 Å². The van der Waals surface area contributed by atoms with E-state index < -0.39 is 21.9 Å². The first-order chi connectivity index (χ1) is 16.2. The Bertz CT molecular complexity index is 1330. The molecular weight excluding hydrogens is 497 g/mol. The van der Waals surface area contributed by atoms with Gasteiger partial charge in [0.15, 0.2) is 9.84 Å². The van der Waals surface area contributed by atoms with Crippen molar-refractivity contribution >= 4 is 44.8 Å². The van der Waals surface area contributed by atoms with Gasteiger partial charge in [0.1, 0.15) is 0 Å². The van der Waals surface area contributed by atoms with Gasteiger partial charge in [0, 0.05) is 18.8 Å². The first-order valence-electron chi connectivity index (χ1n) is 10.5. The third-order valence-corrected chi connectivity index (χ3v) is 8.27. The van der Waals surface area contributed by atoms with Crippen molar-refractivity contribution in [1.29, 1.82) is 0 Å². The fourth-order valence-corrected chi connectivity index (χ4v) is 5.62. The number of nitrogens with zero attached hydrogens (tertiary/aromatic N) is 1. The van der Waals surface area contributed by atoms with Crippen molar-refractivity contribution in [1.82, 2.24) is 10.4 Å². The summed E-state index contributed by atoms with van der Waals surface area (Å²) in [5.74, 6) is -0.117. The van der Waals surface area contributed by atoms with Gasteiger partial charge in [0.2, 0.25) is 0 Å². The zero-order valence-corrected chi connectivity index (χ0v) is 20.6. The lowest BCUT2D eigenvalue weighted by atomic mass is 10.1. The number of fused-ring (bicyclic) bond motifs is 1. The average molecular weight is 520 g/mol. The summed E-state index contributed by atoms with van der Waals surface area (Å²) in [5, 5.41) is 17.2. The summed E-state index contributed by atoms with van der Waals surface area (Å²) >= 11 is 12.2. The van der Waals surface area contributed by atoms with E-state index in [2.05, 4.69) is 10.6 Å². The van der Waals surface area contributed by atoms with Crippen molar-refractivity contribution in [2.75, 3.05) is 5.32 Å². The predicted molar refractivity (Wildman–Crippen MR) is 132 cm³/mol. The van der Waals surface area contributed by atoms with Gasteiger partial charge in [-0.1, -0.05) is 53.5 Å². The summed E-state index contributed by atoms with van der Waals surface area (Å²) in [7, 11) is -3.57. The molecule has 0 fully saturated rings. The Hall–Kier alpha value is -2.62. The number of hydrogen-bond donors (Lipinski definition) is 3. The lowest BCUT2D eigenvalue weighted by Gasteiger charge is -2.24. The summed E-state index contributed by atoms with van der Waals surface area (Å²) in [6.07, 6.45) is 0. The van der Waals surface area contributed by atoms with Crippen LogP contribution in [0.5, 0.6) is 0 Å². The number of rotatable bonds is 6. The maximum absolute atomic E-state index is 12.9. The Balaban J connectivity index is 1.42. The molecule has 1 aliphatic rings. The molecule has 178 valence electrons. The summed E-state index contributed by atoms with van der Waals surface area (Å²) in [6, 6.07) is 14.9. The lowest BCUT2D eigenvalue weighted by molar-refractivity contribution is -0.0690. The fraction of sp³-hybridized carbons (Fsp3) is 0.208. The quantitative estimate of drug-likeness (QED) is 0.292. The topological polar surface area (TPSA) is 98.7 Å². The lowest BCUT2D eigenvalue weighted by Crippen LogP contribution is -2.34. The van der Waals surface area contributed by atoms with Crippen molar-refractivity contribution in [2.24, 2.45) is 0 Å². The maximum atomic E-state index is 12.9. The number of benzene rings is 3. The van der Waals surface area contributed by atoms with Gasteiger partial charge in [-0.25, -0.2) is 13.2 Å². The van der Waals surface area contributed by atoms with E-state index in [1.807, 2.05) is 18.2 Å². The molecule has 0 aromatic heterocycles. The SMILES string of the molecule is CC(c1cccc(Cl)c1Cl)N(O)C(=O)Nc1ccc(S(=O)(=O)Cc2ccc3c(c2)CNC3)cc1. The Morgan fingerprint density at radius 1 is 1.09 bits per heavy atom. The van der Waals surface area contributed by atoms with Gasteiger partial charge < -0.3 is 10.6 Å². The Morgan fingerprint density at radius 2 is 1.79 bits per heavy atom. The maximum Gasteiger partial charge on any atom is 0.346 e. The van der Waals surface area contributed by atoms with Crippen LogP contribution >= 0.6 is 23.2 Å². The first-order valence-corrected chi connectivity index (χ1v) is 12.9. The molecular formula is C24H23Cl2N3O4S. The van der Waals surface area contributed by atoms with Crippen LogP contribution in [0.15, 0.2) is 65.6 Å². The molecule has 1 atom stereocenters. The van der Waals surface area contributed by atoms with Crippen LogP contribution in [0.1, 0.15) is 35.2 Å². The van der Waals surface area contributed by atoms with Crippen LogP contribution in [0.4, 0.5) is 10.5 Å². The van der Waals surface area contributed by atoms with Crippen LogP contribution in [0.2, 0.25) is 10.0 Å². The Kier molecular flexibility index (Phi) is 7.16. The Morgan fingerprint density at radius 3 is 2.53 bits per heavy atom. The van der Waals surface area contributed by atoms with E-state index in [1.165, 1.54) is 29.8 Å². The highest BCUT2D eigenvalue weighted by molar-refractivity contribution is 7.90. The highest BCUT2D eigenvalue weighted by Crippen LogP contribution is 2.32.